The molecule has 11 nitrogen and oxygen atoms in total. The molecule has 0 saturated heterocycles. The van der Waals surface area contributed by atoms with Crippen LogP contribution in [0.15, 0.2) is 5.11 Å². The van der Waals surface area contributed by atoms with Gasteiger partial charge in [-0.3, -0.25) is 4.79 Å². The molecule has 32 heavy (non-hydrogen) atoms. The zero-order valence-corrected chi connectivity index (χ0v) is 19.8. The summed E-state index contributed by atoms with van der Waals surface area (Å²) in [5.74, 6) is -0.302. The summed E-state index contributed by atoms with van der Waals surface area (Å²) in [5.41, 5.74) is 8.04. The maximum atomic E-state index is 12.7. The van der Waals surface area contributed by atoms with Crippen LogP contribution in [0.25, 0.3) is 10.4 Å². The zero-order valence-electron chi connectivity index (χ0n) is 19.8. The predicted molar refractivity (Wildman–Crippen MR) is 117 cm³/mol. The molecule has 184 valence electrons. The Hall–Kier alpha value is -2.07. The molecule has 1 fully saturated rings. The highest BCUT2D eigenvalue weighted by Gasteiger charge is 2.31. The Labute approximate surface area is 190 Å². The molecule has 0 spiro atoms. The Morgan fingerprint density at radius 1 is 0.969 bits per heavy atom. The number of esters is 1. The van der Waals surface area contributed by atoms with Gasteiger partial charge in [-0.15, -0.1) is 0 Å². The van der Waals surface area contributed by atoms with E-state index in [1.165, 1.54) is 7.11 Å². The van der Waals surface area contributed by atoms with E-state index in [0.717, 1.165) is 25.7 Å². The van der Waals surface area contributed by atoms with E-state index < -0.39 is 5.60 Å². The Kier molecular flexibility index (Phi) is 13.7. The molecule has 0 aromatic carbocycles. The molecular formula is C21H38N4O7. The summed E-state index contributed by atoms with van der Waals surface area (Å²) in [6, 6.07) is 0.0339. The Bertz CT molecular complexity index is 597. The lowest BCUT2D eigenvalue weighted by Gasteiger charge is -2.36. The van der Waals surface area contributed by atoms with Gasteiger partial charge in [0.15, 0.2) is 0 Å². The number of carbonyl (C=O) groups is 2. The molecule has 0 aliphatic heterocycles. The minimum absolute atomic E-state index is 0.00502. The van der Waals surface area contributed by atoms with Crippen LogP contribution >= 0.6 is 0 Å². The van der Waals surface area contributed by atoms with E-state index in [1.807, 2.05) is 20.8 Å². The summed E-state index contributed by atoms with van der Waals surface area (Å²) in [5, 5.41) is 3.80. The van der Waals surface area contributed by atoms with Crippen molar-refractivity contribution in [3.8, 4) is 0 Å². The van der Waals surface area contributed by atoms with Gasteiger partial charge in [-0.05, 0) is 52.0 Å². The third kappa shape index (κ3) is 12.7. The fourth-order valence-electron chi connectivity index (χ4n) is 3.26. The number of amides is 1. The van der Waals surface area contributed by atoms with Crippen molar-refractivity contribution in [3.63, 3.8) is 0 Å². The number of hydrogen-bond donors (Lipinski definition) is 0. The number of carbonyl (C=O) groups excluding carboxylic acids is 2. The van der Waals surface area contributed by atoms with E-state index in [-0.39, 0.29) is 30.6 Å². The normalized spacial score (nSPS) is 18.5. The van der Waals surface area contributed by atoms with Crippen LogP contribution in [0.3, 0.4) is 0 Å². The van der Waals surface area contributed by atoms with Crippen LogP contribution in [0.5, 0.6) is 0 Å². The molecule has 1 amide bonds. The molecule has 0 radical (unpaired) electrons. The molecule has 0 bridgehead atoms. The molecule has 0 unspecified atom stereocenters. The number of rotatable bonds is 14. The van der Waals surface area contributed by atoms with Crippen LogP contribution in [0.2, 0.25) is 0 Å². The van der Waals surface area contributed by atoms with E-state index in [2.05, 4.69) is 14.8 Å². The van der Waals surface area contributed by atoms with Gasteiger partial charge in [-0.25, -0.2) is 4.79 Å². The van der Waals surface area contributed by atoms with Crippen molar-refractivity contribution in [3.05, 3.63) is 10.4 Å². The summed E-state index contributed by atoms with van der Waals surface area (Å²) in [4.78, 5) is 28.3. The third-order valence-electron chi connectivity index (χ3n) is 4.85. The molecule has 1 saturated carbocycles. The summed E-state index contributed by atoms with van der Waals surface area (Å²) < 4.78 is 26.4. The van der Waals surface area contributed by atoms with Crippen molar-refractivity contribution in [1.29, 1.82) is 0 Å². The van der Waals surface area contributed by atoms with Crippen molar-refractivity contribution < 1.29 is 33.3 Å². The van der Waals surface area contributed by atoms with Crippen molar-refractivity contribution in [2.24, 2.45) is 5.11 Å². The maximum Gasteiger partial charge on any atom is 0.410 e. The molecule has 0 aromatic heterocycles. The second-order valence-electron chi connectivity index (χ2n) is 8.50. The van der Waals surface area contributed by atoms with E-state index in [0.29, 0.717) is 46.2 Å². The lowest BCUT2D eigenvalue weighted by Crippen LogP contribution is -2.46. The van der Waals surface area contributed by atoms with Gasteiger partial charge in [0.05, 0.1) is 53.2 Å². The monoisotopic (exact) mass is 458 g/mol. The topological polar surface area (TPSA) is 132 Å². The first-order chi connectivity index (χ1) is 15.3. The van der Waals surface area contributed by atoms with Gasteiger partial charge in [0.2, 0.25) is 0 Å². The summed E-state index contributed by atoms with van der Waals surface area (Å²) in [6.07, 6.45) is 2.91. The first-order valence-electron chi connectivity index (χ1n) is 11.1. The minimum Gasteiger partial charge on any atom is -0.469 e. The minimum atomic E-state index is -0.578. The Balaban J connectivity index is 2.28. The smallest absolute Gasteiger partial charge is 0.410 e. The SMILES string of the molecule is COC(=O)CCOCCOCCOCCN(C(=O)OC(C)(C)C)C1CCC(N=[N+]=[N-])CC1. The average molecular weight is 459 g/mol. The number of azide groups is 1. The van der Waals surface area contributed by atoms with E-state index in [9.17, 15) is 9.59 Å². The molecule has 1 aliphatic carbocycles. The maximum absolute atomic E-state index is 12.7. The first-order valence-corrected chi connectivity index (χ1v) is 11.1. The average Bonchev–Trinajstić information content (AvgIpc) is 2.74. The van der Waals surface area contributed by atoms with Crippen molar-refractivity contribution in [2.45, 2.75) is 70.6 Å². The van der Waals surface area contributed by atoms with Gasteiger partial charge in [0.25, 0.3) is 0 Å². The highest BCUT2D eigenvalue weighted by atomic mass is 16.6. The number of methoxy groups -OCH3 is 1. The van der Waals surface area contributed by atoms with E-state index in [4.69, 9.17) is 24.5 Å². The number of nitrogens with zero attached hydrogens (tertiary/aromatic N) is 4. The Morgan fingerprint density at radius 3 is 2.06 bits per heavy atom. The summed E-state index contributed by atoms with van der Waals surface area (Å²) in [6.45, 7) is 8.22. The largest absolute Gasteiger partial charge is 0.469 e. The van der Waals surface area contributed by atoms with Gasteiger partial charge in [-0.1, -0.05) is 5.11 Å². The first kappa shape index (κ1) is 28.0. The van der Waals surface area contributed by atoms with Crippen molar-refractivity contribution >= 4 is 12.1 Å². The zero-order chi connectivity index (χ0) is 23.8. The van der Waals surface area contributed by atoms with Crippen LogP contribution in [0, 0.1) is 0 Å². The molecule has 0 N–H and O–H groups in total. The fraction of sp³-hybridized carbons (Fsp3) is 0.905. The van der Waals surface area contributed by atoms with Gasteiger partial charge in [-0.2, -0.15) is 0 Å². The van der Waals surface area contributed by atoms with Crippen LogP contribution in [0.4, 0.5) is 4.79 Å². The summed E-state index contributed by atoms with van der Waals surface area (Å²) in [7, 11) is 1.34. The van der Waals surface area contributed by atoms with Gasteiger partial charge in [0.1, 0.15) is 5.60 Å². The molecule has 0 aromatic rings. The molecule has 11 heteroatoms. The molecule has 0 atom stereocenters. The number of ether oxygens (including phenoxy) is 5. The van der Waals surface area contributed by atoms with Gasteiger partial charge in [0, 0.05) is 23.5 Å². The van der Waals surface area contributed by atoms with Crippen LogP contribution in [-0.4, -0.2) is 87.9 Å². The predicted octanol–water partition coefficient (Wildman–Crippen LogP) is 3.46. The van der Waals surface area contributed by atoms with Crippen LogP contribution in [0.1, 0.15) is 52.9 Å². The molecule has 0 heterocycles. The van der Waals surface area contributed by atoms with Crippen molar-refractivity contribution in [2.75, 3.05) is 53.3 Å². The van der Waals surface area contributed by atoms with Crippen LogP contribution in [-0.2, 0) is 28.5 Å². The summed E-state index contributed by atoms with van der Waals surface area (Å²) >= 11 is 0. The third-order valence-corrected chi connectivity index (χ3v) is 4.85. The lowest BCUT2D eigenvalue weighted by molar-refractivity contribution is -0.141. The van der Waals surface area contributed by atoms with Gasteiger partial charge < -0.3 is 28.6 Å². The number of hydrogen-bond acceptors (Lipinski definition) is 8. The fourth-order valence-corrected chi connectivity index (χ4v) is 3.26. The molecule has 1 rings (SSSR count). The second-order valence-corrected chi connectivity index (χ2v) is 8.50. The standard InChI is InChI=1S/C21H38N4O7/c1-21(2,3)32-20(27)25(18-7-5-17(6-8-18)23-24-22)10-12-30-14-16-31-15-13-29-11-9-19(26)28-4/h17-18H,5-16H2,1-4H3. The molecular weight excluding hydrogens is 420 g/mol. The quantitative estimate of drug-likeness (QED) is 0.128. The second kappa shape index (κ2) is 15.7. The van der Waals surface area contributed by atoms with E-state index >= 15 is 0 Å². The highest BCUT2D eigenvalue weighted by Crippen LogP contribution is 2.26. The van der Waals surface area contributed by atoms with E-state index in [1.54, 1.807) is 4.90 Å². The molecule has 1 aliphatic rings. The van der Waals surface area contributed by atoms with Crippen molar-refractivity contribution in [1.82, 2.24) is 4.90 Å². The Morgan fingerprint density at radius 2 is 1.53 bits per heavy atom. The lowest BCUT2D eigenvalue weighted by atomic mass is 9.91. The van der Waals surface area contributed by atoms with Gasteiger partial charge >= 0.3 is 12.1 Å². The highest BCUT2D eigenvalue weighted by molar-refractivity contribution is 5.69. The van der Waals surface area contributed by atoms with Crippen LogP contribution < -0.4 is 0 Å².